The number of nitrogens with two attached hydrogens (primary N) is 1. The molecule has 7 heteroatoms. The molecule has 0 radical (unpaired) electrons. The van der Waals surface area contributed by atoms with Crippen LogP contribution in [0.5, 0.6) is 0 Å². The molecule has 1 aromatic rings. The highest BCUT2D eigenvalue weighted by Gasteiger charge is 2.27. The summed E-state index contributed by atoms with van der Waals surface area (Å²) in [5.74, 6) is -0.389. The number of hydrogen-bond donors (Lipinski definition) is 3. The Morgan fingerprint density at radius 3 is 2.69 bits per heavy atom. The number of nitrogens with one attached hydrogen (secondary N) is 1. The van der Waals surface area contributed by atoms with Crippen LogP contribution in [-0.4, -0.2) is 22.5 Å². The first kappa shape index (κ1) is 12.6. The number of halogens is 1. The maximum atomic E-state index is 11.7. The number of carbonyl (C=O) groups is 1. The van der Waals surface area contributed by atoms with E-state index in [4.69, 9.17) is 15.4 Å². The Balaban J connectivity index is 2.79. The van der Waals surface area contributed by atoms with Gasteiger partial charge in [-0.3, -0.25) is 4.79 Å². The van der Waals surface area contributed by atoms with Gasteiger partial charge < -0.3 is 20.7 Å². The highest BCUT2D eigenvalue weighted by molar-refractivity contribution is 9.10. The van der Waals surface area contributed by atoms with Crippen molar-refractivity contribution in [2.75, 3.05) is 0 Å². The van der Waals surface area contributed by atoms with Crippen molar-refractivity contribution < 1.29 is 14.4 Å². The first-order valence-corrected chi connectivity index (χ1v) is 5.22. The van der Waals surface area contributed by atoms with Crippen LogP contribution < -0.4 is 11.1 Å². The molecular weight excluding hydrogens is 278 g/mol. The molecule has 0 fully saturated rings. The summed E-state index contributed by atoms with van der Waals surface area (Å²) in [7, 11) is 0. The minimum Gasteiger partial charge on any atom is -0.444 e. The molecule has 0 atom stereocenters. The van der Waals surface area contributed by atoms with Gasteiger partial charge in [0.25, 0.3) is 5.91 Å². The van der Waals surface area contributed by atoms with Gasteiger partial charge in [-0.15, -0.1) is 0 Å². The van der Waals surface area contributed by atoms with Gasteiger partial charge in [0.05, 0.1) is 5.54 Å². The first-order chi connectivity index (χ1) is 7.36. The van der Waals surface area contributed by atoms with Crippen LogP contribution in [0.1, 0.15) is 24.4 Å². The molecule has 1 aromatic heterocycles. The Morgan fingerprint density at radius 2 is 2.25 bits per heavy atom. The number of amidine groups is 1. The summed E-state index contributed by atoms with van der Waals surface area (Å²) in [4.78, 5) is 11.7. The van der Waals surface area contributed by atoms with Crippen LogP contribution in [0.25, 0.3) is 0 Å². The Hall–Kier alpha value is -1.50. The van der Waals surface area contributed by atoms with E-state index in [1.54, 1.807) is 19.9 Å². The molecule has 4 N–H and O–H groups in total. The van der Waals surface area contributed by atoms with E-state index in [0.717, 1.165) is 0 Å². The van der Waals surface area contributed by atoms with Gasteiger partial charge in [-0.2, -0.15) is 0 Å². The number of oxime groups is 1. The molecule has 0 bridgehead atoms. The fourth-order valence-electron chi connectivity index (χ4n) is 0.971. The monoisotopic (exact) mass is 289 g/mol. The molecule has 16 heavy (non-hydrogen) atoms. The highest BCUT2D eigenvalue weighted by Crippen LogP contribution is 2.14. The van der Waals surface area contributed by atoms with Crippen LogP contribution >= 0.6 is 15.9 Å². The molecule has 0 unspecified atom stereocenters. The van der Waals surface area contributed by atoms with Crippen LogP contribution in [0.3, 0.4) is 0 Å². The van der Waals surface area contributed by atoms with E-state index in [-0.39, 0.29) is 11.6 Å². The summed E-state index contributed by atoms with van der Waals surface area (Å²) < 4.78 is 5.52. The average Bonchev–Trinajstić information content (AvgIpc) is 2.63. The van der Waals surface area contributed by atoms with Gasteiger partial charge in [-0.1, -0.05) is 5.16 Å². The molecule has 1 amide bonds. The Morgan fingerprint density at radius 1 is 1.62 bits per heavy atom. The Kier molecular flexibility index (Phi) is 3.58. The summed E-state index contributed by atoms with van der Waals surface area (Å²) in [5.41, 5.74) is 4.47. The molecule has 0 aliphatic heterocycles. The lowest BCUT2D eigenvalue weighted by molar-refractivity contribution is 0.0901. The van der Waals surface area contributed by atoms with Crippen LogP contribution in [0.2, 0.25) is 0 Å². The topological polar surface area (TPSA) is 101 Å². The Labute approximate surface area is 101 Å². The number of furan rings is 1. The third-order valence-electron chi connectivity index (χ3n) is 1.97. The molecular formula is C9H12BrN3O3. The van der Waals surface area contributed by atoms with Gasteiger partial charge >= 0.3 is 0 Å². The predicted molar refractivity (Wildman–Crippen MR) is 61.4 cm³/mol. The van der Waals surface area contributed by atoms with Crippen LogP contribution in [0.15, 0.2) is 26.4 Å². The molecule has 0 saturated carbocycles. The summed E-state index contributed by atoms with van der Waals surface area (Å²) in [6.07, 6.45) is 0. The number of amides is 1. The predicted octanol–water partition coefficient (Wildman–Crippen LogP) is 1.30. The fraction of sp³-hybridized carbons (Fsp3) is 0.333. The van der Waals surface area contributed by atoms with Crippen LogP contribution in [-0.2, 0) is 0 Å². The Bertz CT molecular complexity index is 425. The molecule has 0 saturated heterocycles. The molecule has 0 aliphatic carbocycles. The lowest BCUT2D eigenvalue weighted by atomic mass is 10.0. The molecule has 0 aromatic carbocycles. The van der Waals surface area contributed by atoms with Crippen LogP contribution in [0.4, 0.5) is 0 Å². The second-order valence-corrected chi connectivity index (χ2v) is 4.45. The second kappa shape index (κ2) is 4.56. The standard InChI is InChI=1S/C9H12BrN3O3/c1-9(2,8(11)13-15)12-7(14)5-3-4-6(10)16-5/h3-4,15H,1-2H3,(H2,11,13)(H,12,14). The van der Waals surface area contributed by atoms with Crippen molar-refractivity contribution in [3.05, 3.63) is 22.6 Å². The van der Waals surface area contributed by atoms with Crippen LogP contribution in [0, 0.1) is 0 Å². The smallest absolute Gasteiger partial charge is 0.287 e. The average molecular weight is 290 g/mol. The minimum atomic E-state index is -0.953. The van der Waals surface area contributed by atoms with Gasteiger partial charge in [0.15, 0.2) is 16.3 Å². The van der Waals surface area contributed by atoms with Crippen molar-refractivity contribution >= 4 is 27.7 Å². The van der Waals surface area contributed by atoms with Crippen molar-refractivity contribution in [2.45, 2.75) is 19.4 Å². The number of carbonyl (C=O) groups excluding carboxylic acids is 1. The summed E-state index contributed by atoms with van der Waals surface area (Å²) in [6.45, 7) is 3.22. The number of nitrogens with zero attached hydrogens (tertiary/aromatic N) is 1. The molecule has 1 heterocycles. The van der Waals surface area contributed by atoms with Gasteiger partial charge in [-0.25, -0.2) is 0 Å². The normalized spacial score (nSPS) is 12.6. The number of hydrogen-bond acceptors (Lipinski definition) is 4. The highest BCUT2D eigenvalue weighted by atomic mass is 79.9. The number of rotatable bonds is 3. The van der Waals surface area contributed by atoms with Crippen molar-refractivity contribution in [1.82, 2.24) is 5.32 Å². The summed E-state index contributed by atoms with van der Waals surface area (Å²) in [6, 6.07) is 3.12. The third-order valence-corrected chi connectivity index (χ3v) is 2.40. The van der Waals surface area contributed by atoms with Crippen molar-refractivity contribution in [3.63, 3.8) is 0 Å². The second-order valence-electron chi connectivity index (χ2n) is 3.67. The van der Waals surface area contributed by atoms with E-state index < -0.39 is 11.4 Å². The van der Waals surface area contributed by atoms with E-state index in [2.05, 4.69) is 26.4 Å². The zero-order chi connectivity index (χ0) is 12.3. The maximum Gasteiger partial charge on any atom is 0.287 e. The molecule has 0 spiro atoms. The van der Waals surface area contributed by atoms with E-state index >= 15 is 0 Å². The van der Waals surface area contributed by atoms with Gasteiger partial charge in [-0.05, 0) is 41.9 Å². The SMILES string of the molecule is CC(C)(NC(=O)c1ccc(Br)o1)/C(N)=N/O. The fourth-order valence-corrected chi connectivity index (χ4v) is 1.28. The van der Waals surface area contributed by atoms with Crippen molar-refractivity contribution in [3.8, 4) is 0 Å². The largest absolute Gasteiger partial charge is 0.444 e. The molecule has 6 nitrogen and oxygen atoms in total. The van der Waals surface area contributed by atoms with E-state index in [1.165, 1.54) is 6.07 Å². The zero-order valence-electron chi connectivity index (χ0n) is 8.82. The van der Waals surface area contributed by atoms with E-state index in [9.17, 15) is 4.79 Å². The van der Waals surface area contributed by atoms with Crippen molar-refractivity contribution in [1.29, 1.82) is 0 Å². The van der Waals surface area contributed by atoms with Gasteiger partial charge in [0.2, 0.25) is 0 Å². The van der Waals surface area contributed by atoms with E-state index in [0.29, 0.717) is 4.67 Å². The van der Waals surface area contributed by atoms with Crippen molar-refractivity contribution in [2.24, 2.45) is 10.9 Å². The summed E-state index contributed by atoms with van der Waals surface area (Å²) >= 11 is 3.09. The minimum absolute atomic E-state index is 0.0912. The lowest BCUT2D eigenvalue weighted by Crippen LogP contribution is -2.53. The summed E-state index contributed by atoms with van der Waals surface area (Å²) in [5, 5.41) is 14.0. The first-order valence-electron chi connectivity index (χ1n) is 4.42. The van der Waals surface area contributed by atoms with Gasteiger partial charge in [0.1, 0.15) is 0 Å². The lowest BCUT2D eigenvalue weighted by Gasteiger charge is -2.23. The zero-order valence-corrected chi connectivity index (χ0v) is 10.4. The van der Waals surface area contributed by atoms with E-state index in [1.807, 2.05) is 0 Å². The molecule has 0 aliphatic rings. The molecule has 1 rings (SSSR count). The quantitative estimate of drug-likeness (QED) is 0.338. The third kappa shape index (κ3) is 2.75. The maximum absolute atomic E-state index is 11.7. The van der Waals surface area contributed by atoms with Gasteiger partial charge in [0, 0.05) is 0 Å². The molecule has 88 valence electrons.